The molecule has 1 amide bonds. The van der Waals surface area contributed by atoms with E-state index in [1.165, 1.54) is 0 Å². The minimum Gasteiger partial charge on any atom is -0.439 e. The first kappa shape index (κ1) is 13.6. The molecule has 2 aromatic rings. The van der Waals surface area contributed by atoms with Gasteiger partial charge in [0.2, 0.25) is 11.8 Å². The molecule has 0 aliphatic carbocycles. The monoisotopic (exact) mass is 284 g/mol. The smallest absolute Gasteiger partial charge is 0.224 e. The summed E-state index contributed by atoms with van der Waals surface area (Å²) < 4.78 is 5.70. The molecule has 5 nitrogen and oxygen atoms in total. The van der Waals surface area contributed by atoms with Crippen molar-refractivity contribution in [2.75, 3.05) is 5.32 Å². The SMILES string of the molecule is C[C@H](O)c1ccc(Oc2ccc3c(c2)CCC(=O)N3)nc1. The largest absolute Gasteiger partial charge is 0.439 e. The van der Waals surface area contributed by atoms with E-state index in [0.29, 0.717) is 24.5 Å². The number of hydrogen-bond donors (Lipinski definition) is 2. The van der Waals surface area contributed by atoms with Gasteiger partial charge in [0.1, 0.15) is 5.75 Å². The van der Waals surface area contributed by atoms with Crippen molar-refractivity contribution in [2.24, 2.45) is 0 Å². The van der Waals surface area contributed by atoms with Gasteiger partial charge in [-0.3, -0.25) is 4.79 Å². The second-order valence-electron chi connectivity index (χ2n) is 5.07. The van der Waals surface area contributed by atoms with Crippen LogP contribution in [0.4, 0.5) is 5.69 Å². The molecule has 1 aromatic heterocycles. The van der Waals surface area contributed by atoms with E-state index in [0.717, 1.165) is 16.8 Å². The summed E-state index contributed by atoms with van der Waals surface area (Å²) in [6.07, 6.45) is 2.27. The molecule has 1 atom stereocenters. The summed E-state index contributed by atoms with van der Waals surface area (Å²) in [6, 6.07) is 9.06. The number of nitrogens with zero attached hydrogens (tertiary/aromatic N) is 1. The van der Waals surface area contributed by atoms with Crippen LogP contribution in [0, 0.1) is 0 Å². The van der Waals surface area contributed by atoms with E-state index in [4.69, 9.17) is 4.74 Å². The second kappa shape index (κ2) is 5.54. The van der Waals surface area contributed by atoms with Gasteiger partial charge in [-0.15, -0.1) is 0 Å². The standard InChI is InChI=1S/C16H16N2O3/c1-10(19)12-3-7-16(17-9-12)21-13-4-5-14-11(8-13)2-6-15(20)18-14/h3-5,7-10,19H,2,6H2,1H3,(H,18,20)/t10-/m0/s1. The van der Waals surface area contributed by atoms with Gasteiger partial charge in [0, 0.05) is 24.4 Å². The second-order valence-corrected chi connectivity index (χ2v) is 5.07. The Kier molecular flexibility index (Phi) is 3.58. The molecule has 1 aliphatic rings. The third-order valence-corrected chi connectivity index (χ3v) is 3.44. The maximum atomic E-state index is 11.3. The maximum absolute atomic E-state index is 11.3. The summed E-state index contributed by atoms with van der Waals surface area (Å²) in [5, 5.41) is 12.3. The van der Waals surface area contributed by atoms with Crippen LogP contribution in [-0.4, -0.2) is 16.0 Å². The molecule has 0 saturated heterocycles. The van der Waals surface area contributed by atoms with Gasteiger partial charge < -0.3 is 15.2 Å². The van der Waals surface area contributed by atoms with Crippen molar-refractivity contribution in [1.82, 2.24) is 4.98 Å². The van der Waals surface area contributed by atoms with Crippen molar-refractivity contribution in [2.45, 2.75) is 25.9 Å². The first-order chi connectivity index (χ1) is 10.1. The molecule has 1 aliphatic heterocycles. The van der Waals surface area contributed by atoms with Crippen LogP contribution in [0.25, 0.3) is 0 Å². The molecule has 0 unspecified atom stereocenters. The number of pyridine rings is 1. The molecule has 0 fully saturated rings. The van der Waals surface area contributed by atoms with Crippen LogP contribution >= 0.6 is 0 Å². The van der Waals surface area contributed by atoms with Crippen molar-refractivity contribution in [3.8, 4) is 11.6 Å². The highest BCUT2D eigenvalue weighted by atomic mass is 16.5. The summed E-state index contributed by atoms with van der Waals surface area (Å²) >= 11 is 0. The number of fused-ring (bicyclic) bond motifs is 1. The number of carbonyl (C=O) groups is 1. The van der Waals surface area contributed by atoms with Gasteiger partial charge in [-0.2, -0.15) is 0 Å². The van der Waals surface area contributed by atoms with Gasteiger partial charge in [-0.25, -0.2) is 4.98 Å². The summed E-state index contributed by atoms with van der Waals surface area (Å²) in [7, 11) is 0. The van der Waals surface area contributed by atoms with E-state index in [1.54, 1.807) is 31.3 Å². The molecule has 2 heterocycles. The Bertz CT molecular complexity index is 666. The van der Waals surface area contributed by atoms with Crippen LogP contribution in [0.2, 0.25) is 0 Å². The van der Waals surface area contributed by atoms with Crippen LogP contribution in [0.1, 0.15) is 30.6 Å². The van der Waals surface area contributed by atoms with Crippen molar-refractivity contribution >= 4 is 11.6 Å². The number of hydrogen-bond acceptors (Lipinski definition) is 4. The fraction of sp³-hybridized carbons (Fsp3) is 0.250. The van der Waals surface area contributed by atoms with Gasteiger partial charge >= 0.3 is 0 Å². The van der Waals surface area contributed by atoms with Crippen LogP contribution in [0.3, 0.4) is 0 Å². The normalized spacial score (nSPS) is 15.0. The summed E-state index contributed by atoms with van der Waals surface area (Å²) in [5.74, 6) is 1.20. The van der Waals surface area contributed by atoms with Crippen molar-refractivity contribution in [3.05, 3.63) is 47.7 Å². The number of nitrogens with one attached hydrogen (secondary N) is 1. The lowest BCUT2D eigenvalue weighted by Gasteiger charge is -2.17. The molecule has 0 radical (unpaired) electrons. The topological polar surface area (TPSA) is 71.5 Å². The Hall–Kier alpha value is -2.40. The third-order valence-electron chi connectivity index (χ3n) is 3.44. The number of carbonyl (C=O) groups excluding carboxylic acids is 1. The van der Waals surface area contributed by atoms with Crippen LogP contribution < -0.4 is 10.1 Å². The molecule has 5 heteroatoms. The number of ether oxygens (including phenoxy) is 1. The van der Waals surface area contributed by atoms with Crippen molar-refractivity contribution < 1.29 is 14.6 Å². The number of benzene rings is 1. The highest BCUT2D eigenvalue weighted by Gasteiger charge is 2.15. The first-order valence-corrected chi connectivity index (χ1v) is 6.86. The minimum atomic E-state index is -0.543. The van der Waals surface area contributed by atoms with E-state index < -0.39 is 6.10 Å². The zero-order chi connectivity index (χ0) is 14.8. The molecule has 21 heavy (non-hydrogen) atoms. The fourth-order valence-corrected chi connectivity index (χ4v) is 2.24. The molecule has 2 N–H and O–H groups in total. The number of rotatable bonds is 3. The molecule has 1 aromatic carbocycles. The average Bonchev–Trinajstić information content (AvgIpc) is 2.48. The Balaban J connectivity index is 1.77. The number of aliphatic hydroxyl groups excluding tert-OH is 1. The summed E-state index contributed by atoms with van der Waals surface area (Å²) in [4.78, 5) is 15.5. The third kappa shape index (κ3) is 3.03. The average molecular weight is 284 g/mol. The van der Waals surface area contributed by atoms with Gasteiger partial charge in [0.15, 0.2) is 0 Å². The Morgan fingerprint density at radius 3 is 2.86 bits per heavy atom. The molecule has 108 valence electrons. The highest BCUT2D eigenvalue weighted by molar-refractivity contribution is 5.94. The van der Waals surface area contributed by atoms with Crippen LogP contribution in [-0.2, 0) is 11.2 Å². The zero-order valence-corrected chi connectivity index (χ0v) is 11.7. The number of amides is 1. The zero-order valence-electron chi connectivity index (χ0n) is 11.7. The lowest BCUT2D eigenvalue weighted by atomic mass is 10.0. The maximum Gasteiger partial charge on any atom is 0.224 e. The summed E-state index contributed by atoms with van der Waals surface area (Å²) in [5.41, 5.74) is 2.65. The molecule has 0 bridgehead atoms. The van der Waals surface area contributed by atoms with E-state index in [2.05, 4.69) is 10.3 Å². The molecule has 0 saturated carbocycles. The fourth-order valence-electron chi connectivity index (χ4n) is 2.24. The number of aromatic nitrogens is 1. The van der Waals surface area contributed by atoms with Crippen LogP contribution in [0.5, 0.6) is 11.6 Å². The van der Waals surface area contributed by atoms with E-state index >= 15 is 0 Å². The van der Waals surface area contributed by atoms with E-state index in [-0.39, 0.29) is 5.91 Å². The number of anilines is 1. The quantitative estimate of drug-likeness (QED) is 0.909. The van der Waals surface area contributed by atoms with E-state index in [9.17, 15) is 9.90 Å². The highest BCUT2D eigenvalue weighted by Crippen LogP contribution is 2.29. The van der Waals surface area contributed by atoms with Crippen molar-refractivity contribution in [1.29, 1.82) is 0 Å². The Morgan fingerprint density at radius 2 is 2.14 bits per heavy atom. The lowest BCUT2D eigenvalue weighted by Crippen LogP contribution is -2.18. The predicted molar refractivity (Wildman–Crippen MR) is 78.3 cm³/mol. The molecule has 0 spiro atoms. The van der Waals surface area contributed by atoms with E-state index in [1.807, 2.05) is 12.1 Å². The number of aryl methyl sites for hydroxylation is 1. The summed E-state index contributed by atoms with van der Waals surface area (Å²) in [6.45, 7) is 1.69. The predicted octanol–water partition coefficient (Wildman–Crippen LogP) is 2.81. The van der Waals surface area contributed by atoms with Gasteiger partial charge in [-0.05, 0) is 48.7 Å². The Labute approximate surface area is 122 Å². The molecular weight excluding hydrogens is 268 g/mol. The number of aliphatic hydroxyl groups is 1. The Morgan fingerprint density at radius 1 is 1.29 bits per heavy atom. The molecule has 3 rings (SSSR count). The van der Waals surface area contributed by atoms with Gasteiger partial charge in [0.05, 0.1) is 6.10 Å². The molecular formula is C16H16N2O3. The van der Waals surface area contributed by atoms with Gasteiger partial charge in [0.25, 0.3) is 0 Å². The van der Waals surface area contributed by atoms with Gasteiger partial charge in [-0.1, -0.05) is 0 Å². The first-order valence-electron chi connectivity index (χ1n) is 6.86. The minimum absolute atomic E-state index is 0.0477. The van der Waals surface area contributed by atoms with Crippen LogP contribution in [0.15, 0.2) is 36.5 Å². The lowest BCUT2D eigenvalue weighted by molar-refractivity contribution is -0.116. The van der Waals surface area contributed by atoms with Crippen molar-refractivity contribution in [3.63, 3.8) is 0 Å².